The number of aliphatic hydroxyl groups excluding tert-OH is 1. The number of hydrogen-bond acceptors (Lipinski definition) is 15. The summed E-state index contributed by atoms with van der Waals surface area (Å²) in [5, 5.41) is 10.5. The van der Waals surface area contributed by atoms with Gasteiger partial charge in [-0.05, 0) is 37.5 Å². The summed E-state index contributed by atoms with van der Waals surface area (Å²) in [4.78, 5) is 72.1. The maximum absolute atomic E-state index is 13.0. The fourth-order valence-corrected chi connectivity index (χ4v) is 11.6. The van der Waals surface area contributed by atoms with Crippen molar-refractivity contribution < 1.29 is 80.2 Å². The molecule has 17 nitrogen and oxygen atoms in total. The summed E-state index contributed by atoms with van der Waals surface area (Å²) < 4.78 is 67.9. The third-order valence-corrected chi connectivity index (χ3v) is 17.7. The zero-order valence-electron chi connectivity index (χ0n) is 55.6. The van der Waals surface area contributed by atoms with Gasteiger partial charge in [0.25, 0.3) is 0 Å². The van der Waals surface area contributed by atoms with Crippen molar-refractivity contribution in [3.05, 3.63) is 0 Å². The number of unbranched alkanes of at least 4 members (excludes halogenated alkanes) is 35. The second-order valence-corrected chi connectivity index (χ2v) is 27.8. The van der Waals surface area contributed by atoms with Crippen molar-refractivity contribution in [2.45, 2.75) is 355 Å². The molecule has 86 heavy (non-hydrogen) atoms. The largest absolute Gasteiger partial charge is 0.472 e. The predicted octanol–water partition coefficient (Wildman–Crippen LogP) is 18.8. The standard InChI is InChI=1S/C67H130O17P2/c1-7-10-12-14-15-16-17-18-19-20-21-26-29-32-39-45-51-66(71)83-63(56-78-65(70)50-44-38-31-28-25-23-22-24-27-30-36-41-47-59(4)5)58-82-86(75,76)80-54-61(68)53-79-85(73,74)81-57-62(55-77-64(69)49-43-35-13-11-8-2)84-67(72)52-46-40-34-33-37-42-48-60(6)9-3/h59-63,68H,7-58H2,1-6H3,(H,73,74)(H,75,76)/t60?,61-,62+,63+/m0/s1. The molecule has 0 aromatic heterocycles. The molecule has 0 bridgehead atoms. The molecule has 0 saturated carbocycles. The molecule has 0 radical (unpaired) electrons. The van der Waals surface area contributed by atoms with E-state index in [0.717, 1.165) is 108 Å². The molecule has 0 fully saturated rings. The Labute approximate surface area is 524 Å². The molecule has 6 atom stereocenters. The SMILES string of the molecule is CCCCCCCCCCCCCCCCCCC(=O)O[C@H](COC(=O)CCCCCCCCCCCCCCC(C)C)COP(=O)(O)OC[C@@H](O)COP(=O)(O)OC[C@@H](COC(=O)CCCCCCC)OC(=O)CCCCCCCCC(C)CC. The van der Waals surface area contributed by atoms with Gasteiger partial charge in [0.2, 0.25) is 0 Å². The minimum Gasteiger partial charge on any atom is -0.462 e. The molecule has 0 aliphatic rings. The zero-order chi connectivity index (χ0) is 63.6. The number of hydrogen-bond donors (Lipinski definition) is 3. The maximum atomic E-state index is 13.0. The van der Waals surface area contributed by atoms with E-state index in [1.54, 1.807) is 0 Å². The molecule has 3 unspecified atom stereocenters. The van der Waals surface area contributed by atoms with Gasteiger partial charge in [-0.2, -0.15) is 0 Å². The van der Waals surface area contributed by atoms with Crippen LogP contribution in [0.4, 0.5) is 0 Å². The maximum Gasteiger partial charge on any atom is 0.472 e. The molecule has 510 valence electrons. The lowest BCUT2D eigenvalue weighted by atomic mass is 10.00. The van der Waals surface area contributed by atoms with E-state index < -0.39 is 97.5 Å². The van der Waals surface area contributed by atoms with Crippen LogP contribution in [-0.4, -0.2) is 96.7 Å². The predicted molar refractivity (Wildman–Crippen MR) is 345 cm³/mol. The van der Waals surface area contributed by atoms with Crippen molar-refractivity contribution in [2.24, 2.45) is 11.8 Å². The van der Waals surface area contributed by atoms with Gasteiger partial charge < -0.3 is 33.8 Å². The Morgan fingerprint density at radius 3 is 0.884 bits per heavy atom. The first-order chi connectivity index (χ1) is 41.4. The van der Waals surface area contributed by atoms with Crippen LogP contribution in [0.5, 0.6) is 0 Å². The number of carbonyl (C=O) groups excluding carboxylic acids is 4. The topological polar surface area (TPSA) is 237 Å². The number of rotatable bonds is 66. The van der Waals surface area contributed by atoms with E-state index in [1.807, 2.05) is 0 Å². The van der Waals surface area contributed by atoms with Crippen LogP contribution >= 0.6 is 15.6 Å². The van der Waals surface area contributed by atoms with Crippen LogP contribution in [0.2, 0.25) is 0 Å². The first kappa shape index (κ1) is 84.1. The lowest BCUT2D eigenvalue weighted by molar-refractivity contribution is -0.161. The Hall–Kier alpha value is -1.94. The van der Waals surface area contributed by atoms with Crippen LogP contribution < -0.4 is 0 Å². The van der Waals surface area contributed by atoms with Crippen molar-refractivity contribution in [1.29, 1.82) is 0 Å². The summed E-state index contributed by atoms with van der Waals surface area (Å²) in [5.74, 6) is -0.639. The molecule has 0 aromatic carbocycles. The first-order valence-electron chi connectivity index (χ1n) is 35.0. The summed E-state index contributed by atoms with van der Waals surface area (Å²) in [6, 6.07) is 0. The number of aliphatic hydroxyl groups is 1. The molecule has 0 aliphatic carbocycles. The number of carbonyl (C=O) groups is 4. The Kier molecular flexibility index (Phi) is 58.0. The number of ether oxygens (including phenoxy) is 4. The average molecular weight is 1270 g/mol. The van der Waals surface area contributed by atoms with Gasteiger partial charge in [-0.1, -0.05) is 286 Å². The molecule has 0 aliphatic heterocycles. The van der Waals surface area contributed by atoms with Gasteiger partial charge in [-0.15, -0.1) is 0 Å². The van der Waals surface area contributed by atoms with Gasteiger partial charge in [0.1, 0.15) is 19.3 Å². The lowest BCUT2D eigenvalue weighted by Gasteiger charge is -2.21. The highest BCUT2D eigenvalue weighted by atomic mass is 31.2. The van der Waals surface area contributed by atoms with E-state index in [2.05, 4.69) is 41.5 Å². The normalized spacial score (nSPS) is 14.5. The Balaban J connectivity index is 5.17. The number of phosphoric acid groups is 2. The minimum atomic E-state index is -4.95. The molecule has 0 aromatic rings. The average Bonchev–Trinajstić information content (AvgIpc) is 3.57. The van der Waals surface area contributed by atoms with Crippen molar-refractivity contribution in [2.75, 3.05) is 39.6 Å². The fraction of sp³-hybridized carbons (Fsp3) is 0.940. The summed E-state index contributed by atoms with van der Waals surface area (Å²) in [5.41, 5.74) is 0. The van der Waals surface area contributed by atoms with E-state index in [9.17, 15) is 43.2 Å². The van der Waals surface area contributed by atoms with Crippen molar-refractivity contribution in [1.82, 2.24) is 0 Å². The molecule has 3 N–H and O–H groups in total. The summed E-state index contributed by atoms with van der Waals surface area (Å²) in [7, 11) is -9.88. The quantitative estimate of drug-likeness (QED) is 0.0222. The van der Waals surface area contributed by atoms with Crippen LogP contribution in [0.1, 0.15) is 337 Å². The Morgan fingerprint density at radius 1 is 0.337 bits per heavy atom. The lowest BCUT2D eigenvalue weighted by Crippen LogP contribution is -2.30. The van der Waals surface area contributed by atoms with E-state index in [4.69, 9.17) is 37.0 Å². The zero-order valence-corrected chi connectivity index (χ0v) is 57.4. The van der Waals surface area contributed by atoms with Gasteiger partial charge >= 0.3 is 39.5 Å². The van der Waals surface area contributed by atoms with Gasteiger partial charge in [-0.3, -0.25) is 37.3 Å². The Bertz CT molecular complexity index is 1690. The summed E-state index contributed by atoms with van der Waals surface area (Å²) in [6.07, 6.45) is 43.5. The summed E-state index contributed by atoms with van der Waals surface area (Å²) in [6.45, 7) is 9.40. The second kappa shape index (κ2) is 59.4. The minimum absolute atomic E-state index is 0.102. The highest BCUT2D eigenvalue weighted by Crippen LogP contribution is 2.45. The van der Waals surface area contributed by atoms with Crippen LogP contribution in [0.15, 0.2) is 0 Å². The third-order valence-electron chi connectivity index (χ3n) is 15.8. The molecule has 0 amide bonds. The van der Waals surface area contributed by atoms with E-state index >= 15 is 0 Å². The molecule has 0 rings (SSSR count). The third kappa shape index (κ3) is 59.7. The Morgan fingerprint density at radius 2 is 0.593 bits per heavy atom. The van der Waals surface area contributed by atoms with E-state index in [1.165, 1.54) is 148 Å². The molecular formula is C67H130O17P2. The molecule has 0 saturated heterocycles. The smallest absolute Gasteiger partial charge is 0.462 e. The summed E-state index contributed by atoms with van der Waals surface area (Å²) >= 11 is 0. The molecular weight excluding hydrogens is 1140 g/mol. The molecule has 0 heterocycles. The molecule has 19 heteroatoms. The van der Waals surface area contributed by atoms with Gasteiger partial charge in [0, 0.05) is 25.7 Å². The fourth-order valence-electron chi connectivity index (χ4n) is 10.0. The van der Waals surface area contributed by atoms with Crippen molar-refractivity contribution in [3.8, 4) is 0 Å². The van der Waals surface area contributed by atoms with E-state index in [0.29, 0.717) is 25.7 Å². The van der Waals surface area contributed by atoms with E-state index in [-0.39, 0.29) is 25.7 Å². The van der Waals surface area contributed by atoms with Crippen molar-refractivity contribution >= 4 is 39.5 Å². The van der Waals surface area contributed by atoms with Gasteiger partial charge in [0.05, 0.1) is 26.4 Å². The van der Waals surface area contributed by atoms with Crippen molar-refractivity contribution in [3.63, 3.8) is 0 Å². The second-order valence-electron chi connectivity index (χ2n) is 24.9. The van der Waals surface area contributed by atoms with Gasteiger partial charge in [0.15, 0.2) is 12.2 Å². The van der Waals surface area contributed by atoms with Crippen LogP contribution in [0.3, 0.4) is 0 Å². The van der Waals surface area contributed by atoms with Crippen LogP contribution in [0.25, 0.3) is 0 Å². The number of phosphoric ester groups is 2. The highest BCUT2D eigenvalue weighted by Gasteiger charge is 2.30. The highest BCUT2D eigenvalue weighted by molar-refractivity contribution is 7.47. The van der Waals surface area contributed by atoms with Gasteiger partial charge in [-0.25, -0.2) is 9.13 Å². The molecule has 0 spiro atoms. The van der Waals surface area contributed by atoms with Crippen LogP contribution in [0, 0.1) is 11.8 Å². The number of esters is 4. The first-order valence-corrected chi connectivity index (χ1v) is 38.0. The monoisotopic (exact) mass is 1270 g/mol. The van der Waals surface area contributed by atoms with Crippen LogP contribution in [-0.2, 0) is 65.4 Å².